The summed E-state index contributed by atoms with van der Waals surface area (Å²) in [7, 11) is 2.46. The zero-order valence-electron chi connectivity index (χ0n) is 15.6. The first-order chi connectivity index (χ1) is 13.1. The quantitative estimate of drug-likeness (QED) is 0.385. The van der Waals surface area contributed by atoms with Gasteiger partial charge in [-0.05, 0) is 24.3 Å². The van der Waals surface area contributed by atoms with Gasteiger partial charge in [0.2, 0.25) is 0 Å². The second-order valence-electron chi connectivity index (χ2n) is 6.30. The molecule has 0 spiro atoms. The molecule has 0 aliphatic heterocycles. The van der Waals surface area contributed by atoms with E-state index in [1.807, 2.05) is 36.4 Å². The number of benzene rings is 2. The zero-order valence-corrected chi connectivity index (χ0v) is 15.6. The van der Waals surface area contributed by atoms with Crippen molar-refractivity contribution in [3.63, 3.8) is 0 Å². The van der Waals surface area contributed by atoms with Crippen molar-refractivity contribution in [1.29, 1.82) is 0 Å². The lowest BCUT2D eigenvalue weighted by molar-refractivity contribution is -0.161. The second kappa shape index (κ2) is 10.3. The molecule has 0 aliphatic rings. The SMILES string of the molecule is COC(=O)C(C(=O)OC)[C@@H](CCc1ccccc1)CC(=O)c1ccccc1. The number of hydrogen-bond acceptors (Lipinski definition) is 5. The Balaban J connectivity index is 2.23. The van der Waals surface area contributed by atoms with Gasteiger partial charge in [-0.15, -0.1) is 0 Å². The number of Topliss-reactive ketones (excluding diaryl/α,β-unsaturated/α-hetero) is 1. The summed E-state index contributed by atoms with van der Waals surface area (Å²) < 4.78 is 9.61. The minimum absolute atomic E-state index is 0.0612. The fourth-order valence-corrected chi connectivity index (χ4v) is 3.10. The van der Waals surface area contributed by atoms with Crippen molar-refractivity contribution in [2.24, 2.45) is 11.8 Å². The highest BCUT2D eigenvalue weighted by atomic mass is 16.5. The zero-order chi connectivity index (χ0) is 19.6. The Morgan fingerprint density at radius 1 is 0.815 bits per heavy atom. The Morgan fingerprint density at radius 2 is 1.33 bits per heavy atom. The summed E-state index contributed by atoms with van der Waals surface area (Å²) in [6.07, 6.45) is 1.18. The van der Waals surface area contributed by atoms with E-state index in [1.165, 1.54) is 14.2 Å². The number of esters is 2. The van der Waals surface area contributed by atoms with Gasteiger partial charge in [0, 0.05) is 12.0 Å². The van der Waals surface area contributed by atoms with E-state index >= 15 is 0 Å². The first-order valence-corrected chi connectivity index (χ1v) is 8.84. The first kappa shape index (κ1) is 20.4. The highest BCUT2D eigenvalue weighted by molar-refractivity contribution is 5.99. The van der Waals surface area contributed by atoms with Crippen LogP contribution in [0.1, 0.15) is 28.8 Å². The third kappa shape index (κ3) is 5.78. The van der Waals surface area contributed by atoms with Gasteiger partial charge in [-0.2, -0.15) is 0 Å². The molecule has 0 saturated carbocycles. The molecular weight excluding hydrogens is 344 g/mol. The van der Waals surface area contributed by atoms with Crippen LogP contribution in [0.15, 0.2) is 60.7 Å². The molecule has 2 aromatic rings. The number of carbonyl (C=O) groups excluding carboxylic acids is 3. The molecule has 0 heterocycles. The van der Waals surface area contributed by atoms with Gasteiger partial charge in [-0.3, -0.25) is 14.4 Å². The molecule has 0 saturated heterocycles. The van der Waals surface area contributed by atoms with Crippen LogP contribution in [0, 0.1) is 11.8 Å². The normalized spacial score (nSPS) is 11.7. The Bertz CT molecular complexity index is 739. The summed E-state index contributed by atoms with van der Waals surface area (Å²) >= 11 is 0. The lowest BCUT2D eigenvalue weighted by atomic mass is 9.82. The Labute approximate surface area is 159 Å². The number of ketones is 1. The smallest absolute Gasteiger partial charge is 0.320 e. The number of ether oxygens (including phenoxy) is 2. The van der Waals surface area contributed by atoms with Crippen LogP contribution >= 0.6 is 0 Å². The highest BCUT2D eigenvalue weighted by Crippen LogP contribution is 2.26. The van der Waals surface area contributed by atoms with E-state index in [9.17, 15) is 14.4 Å². The fraction of sp³-hybridized carbons (Fsp3) is 0.318. The molecule has 5 heteroatoms. The summed E-state index contributed by atoms with van der Waals surface area (Å²) in [6.45, 7) is 0. The van der Waals surface area contributed by atoms with Crippen LogP contribution in [0.4, 0.5) is 0 Å². The van der Waals surface area contributed by atoms with E-state index in [0.29, 0.717) is 18.4 Å². The van der Waals surface area contributed by atoms with E-state index in [-0.39, 0.29) is 12.2 Å². The number of hydrogen-bond donors (Lipinski definition) is 0. The lowest BCUT2D eigenvalue weighted by Crippen LogP contribution is -2.35. The van der Waals surface area contributed by atoms with Gasteiger partial charge in [-0.1, -0.05) is 60.7 Å². The third-order valence-electron chi connectivity index (χ3n) is 4.57. The number of rotatable bonds is 9. The van der Waals surface area contributed by atoms with Crippen molar-refractivity contribution < 1.29 is 23.9 Å². The van der Waals surface area contributed by atoms with Gasteiger partial charge in [0.05, 0.1) is 14.2 Å². The molecule has 1 atom stereocenters. The van der Waals surface area contributed by atoms with Crippen LogP contribution in [0.5, 0.6) is 0 Å². The van der Waals surface area contributed by atoms with Gasteiger partial charge in [-0.25, -0.2) is 0 Å². The summed E-state index contributed by atoms with van der Waals surface area (Å²) in [6, 6.07) is 18.6. The van der Waals surface area contributed by atoms with Gasteiger partial charge in [0.25, 0.3) is 0 Å². The molecule has 27 heavy (non-hydrogen) atoms. The standard InChI is InChI=1S/C22H24O5/c1-26-21(24)20(22(25)27-2)18(14-13-16-9-5-3-6-10-16)15-19(23)17-11-7-4-8-12-17/h3-12,18,20H,13-15H2,1-2H3/t18-/m0/s1. The maximum absolute atomic E-state index is 12.7. The van der Waals surface area contributed by atoms with Crippen LogP contribution in [-0.4, -0.2) is 31.9 Å². The summed E-state index contributed by atoms with van der Waals surface area (Å²) in [5, 5.41) is 0. The number of carbonyl (C=O) groups is 3. The summed E-state index contributed by atoms with van der Waals surface area (Å²) in [5.74, 6) is -3.12. The van der Waals surface area contributed by atoms with Crippen LogP contribution in [0.2, 0.25) is 0 Å². The predicted octanol–water partition coefficient (Wildman–Crippen LogP) is 3.47. The average molecular weight is 368 g/mol. The lowest BCUT2D eigenvalue weighted by Gasteiger charge is -2.23. The van der Waals surface area contributed by atoms with E-state index in [1.54, 1.807) is 24.3 Å². The van der Waals surface area contributed by atoms with Crippen molar-refractivity contribution in [2.75, 3.05) is 14.2 Å². The molecule has 5 nitrogen and oxygen atoms in total. The summed E-state index contributed by atoms with van der Waals surface area (Å²) in [4.78, 5) is 37.2. The number of methoxy groups -OCH3 is 2. The Kier molecular flexibility index (Phi) is 7.74. The molecule has 0 N–H and O–H groups in total. The van der Waals surface area contributed by atoms with E-state index in [4.69, 9.17) is 9.47 Å². The largest absolute Gasteiger partial charge is 0.468 e. The van der Waals surface area contributed by atoms with E-state index in [2.05, 4.69) is 0 Å². The molecule has 2 aromatic carbocycles. The molecule has 0 aromatic heterocycles. The van der Waals surface area contributed by atoms with Gasteiger partial charge >= 0.3 is 11.9 Å². The van der Waals surface area contributed by atoms with Gasteiger partial charge in [0.15, 0.2) is 11.7 Å². The maximum atomic E-state index is 12.7. The minimum Gasteiger partial charge on any atom is -0.468 e. The minimum atomic E-state index is -1.13. The molecule has 0 amide bonds. The maximum Gasteiger partial charge on any atom is 0.320 e. The molecule has 142 valence electrons. The number of aryl methyl sites for hydroxylation is 1. The molecule has 0 unspecified atom stereocenters. The molecule has 0 aliphatic carbocycles. The predicted molar refractivity (Wildman–Crippen MR) is 101 cm³/mol. The molecule has 0 radical (unpaired) electrons. The van der Waals surface area contributed by atoms with Gasteiger partial charge < -0.3 is 9.47 Å². The van der Waals surface area contributed by atoms with Crippen molar-refractivity contribution in [2.45, 2.75) is 19.3 Å². The van der Waals surface area contributed by atoms with Crippen molar-refractivity contribution in [1.82, 2.24) is 0 Å². The van der Waals surface area contributed by atoms with Crippen LogP contribution in [0.3, 0.4) is 0 Å². The van der Waals surface area contributed by atoms with Crippen molar-refractivity contribution in [3.05, 3.63) is 71.8 Å². The monoisotopic (exact) mass is 368 g/mol. The third-order valence-corrected chi connectivity index (χ3v) is 4.57. The van der Waals surface area contributed by atoms with Crippen molar-refractivity contribution in [3.8, 4) is 0 Å². The van der Waals surface area contributed by atoms with Gasteiger partial charge in [0.1, 0.15) is 0 Å². The molecule has 2 rings (SSSR count). The Morgan fingerprint density at radius 3 is 1.85 bits per heavy atom. The fourth-order valence-electron chi connectivity index (χ4n) is 3.10. The average Bonchev–Trinajstić information content (AvgIpc) is 2.72. The Hall–Kier alpha value is -2.95. The second-order valence-corrected chi connectivity index (χ2v) is 6.30. The summed E-state index contributed by atoms with van der Waals surface area (Å²) in [5.41, 5.74) is 1.62. The highest BCUT2D eigenvalue weighted by Gasteiger charge is 2.37. The van der Waals surface area contributed by atoms with E-state index in [0.717, 1.165) is 5.56 Å². The molecule has 0 bridgehead atoms. The topological polar surface area (TPSA) is 69.7 Å². The molecular formula is C22H24O5. The first-order valence-electron chi connectivity index (χ1n) is 8.84. The van der Waals surface area contributed by atoms with Crippen LogP contribution in [-0.2, 0) is 25.5 Å². The van der Waals surface area contributed by atoms with Crippen LogP contribution in [0.25, 0.3) is 0 Å². The van der Waals surface area contributed by atoms with Crippen molar-refractivity contribution >= 4 is 17.7 Å². The van der Waals surface area contributed by atoms with E-state index < -0.39 is 23.8 Å². The molecule has 0 fully saturated rings. The van der Waals surface area contributed by atoms with Crippen LogP contribution < -0.4 is 0 Å².